The molecule has 0 saturated heterocycles. The molecule has 18 nitrogen and oxygen atoms in total. The summed E-state index contributed by atoms with van der Waals surface area (Å²) >= 11 is 29.7. The quantitative estimate of drug-likeness (QED) is 0.0336. The standard InChI is InChI=1S/2C19H22ClNO2.C18H20ClNO4.C18H20ClNO2.C16H16ClNO3/c1-13(2)21(3)19(22)15-7-10-18(16(11-15)12-23-4)14-5-8-17(20)9-6-14;1-4-11-21(2)19(22)15-7-10-18(16(12-15)13-23-3)14-5-8-17(20)9-6-14;1-24-11-14-8-13(18(23)20-9-16(22)10-21)4-7-17(14)12-2-5-15(19)6-3-12;1-4-20(2)18(21)14-7-10-17(15(11-14)12-22-3)13-5-8-16(19)9-6-13;1-20-10-13-9-12(16(19)18-21-2)5-8-15(13)11-3-6-14(17)7-4-11/h5-11,13H,12H2,1-4H3;5-10,12H,4,11,13H2,1-3H3;2-8,16,21-22H,9-11H2,1H3,(H,20,23);5-11H,4,12H2,1-3H3;3-9H,10H2,1-2H3,(H,18,19). The van der Waals surface area contributed by atoms with Crippen LogP contribution in [0.1, 0.15) is 114 Å². The molecule has 10 rings (SSSR count). The Morgan fingerprint density at radius 3 is 0.903 bits per heavy atom. The molecule has 0 aliphatic carbocycles. The zero-order valence-corrected chi connectivity index (χ0v) is 69.8. The van der Waals surface area contributed by atoms with Gasteiger partial charge in [0, 0.05) is 135 Å². The molecule has 0 aliphatic heterocycles. The Labute approximate surface area is 689 Å². The topological polar surface area (TPSA) is 215 Å². The van der Waals surface area contributed by atoms with Gasteiger partial charge < -0.3 is 53.9 Å². The largest absolute Gasteiger partial charge is 0.394 e. The summed E-state index contributed by atoms with van der Waals surface area (Å²) in [6, 6.07) is 66.1. The number of carbonyl (C=O) groups excluding carboxylic acids is 5. The second-order valence-corrected chi connectivity index (χ2v) is 28.5. The van der Waals surface area contributed by atoms with Crippen molar-refractivity contribution < 1.29 is 62.7 Å². The summed E-state index contributed by atoms with van der Waals surface area (Å²) < 4.78 is 26.3. The summed E-state index contributed by atoms with van der Waals surface area (Å²) in [5.41, 5.74) is 20.3. The Bertz CT molecular complexity index is 4690. The molecular weight excluding hydrogens is 1540 g/mol. The van der Waals surface area contributed by atoms with Crippen molar-refractivity contribution >= 4 is 87.5 Å². The van der Waals surface area contributed by atoms with Gasteiger partial charge in [0.1, 0.15) is 0 Å². The van der Waals surface area contributed by atoms with Crippen molar-refractivity contribution in [3.05, 3.63) is 293 Å². The van der Waals surface area contributed by atoms with Crippen LogP contribution in [0.2, 0.25) is 25.1 Å². The third kappa shape index (κ3) is 28.3. The Morgan fingerprint density at radius 2 is 0.646 bits per heavy atom. The minimum atomic E-state index is -0.972. The first kappa shape index (κ1) is 92.5. The fourth-order valence-electron chi connectivity index (χ4n) is 11.6. The molecule has 0 aromatic heterocycles. The number of hydrogen-bond donors (Lipinski definition) is 4. The first-order valence-corrected chi connectivity index (χ1v) is 38.2. The van der Waals surface area contributed by atoms with Gasteiger partial charge in [-0.3, -0.25) is 28.8 Å². The molecule has 4 N–H and O–H groups in total. The van der Waals surface area contributed by atoms with Crippen molar-refractivity contribution in [2.75, 3.05) is 90.0 Å². The molecule has 10 aromatic carbocycles. The predicted molar refractivity (Wildman–Crippen MR) is 455 cm³/mol. The lowest BCUT2D eigenvalue weighted by Crippen LogP contribution is -2.33. The van der Waals surface area contributed by atoms with Crippen molar-refractivity contribution in [1.29, 1.82) is 0 Å². The zero-order valence-electron chi connectivity index (χ0n) is 66.0. The molecule has 0 aliphatic rings. The van der Waals surface area contributed by atoms with Crippen LogP contribution in [0, 0.1) is 0 Å². The SMILES string of the molecule is CCCN(C)C(=O)c1ccc(-c2ccc(Cl)cc2)c(COC)c1.CCN(C)C(=O)c1ccc(-c2ccc(Cl)cc2)c(COC)c1.COCc1cc(C(=O)N(C)C(C)C)ccc1-c1ccc(Cl)cc1.COCc1cc(C(=O)NCC(O)CO)ccc1-c1ccc(Cl)cc1.COCc1cc(C(=O)NOC)ccc1-c1ccc(Cl)cc1. The van der Waals surface area contributed by atoms with Crippen molar-refractivity contribution in [1.82, 2.24) is 25.5 Å². The predicted octanol–water partition coefficient (Wildman–Crippen LogP) is 19.2. The van der Waals surface area contributed by atoms with E-state index < -0.39 is 12.7 Å². The van der Waals surface area contributed by atoms with E-state index in [1.54, 1.807) is 81.6 Å². The number of hydroxylamine groups is 1. The molecule has 1 unspecified atom stereocenters. The number of nitrogens with zero attached hydrogens (tertiary/aromatic N) is 3. The maximum absolute atomic E-state index is 12.5. The van der Waals surface area contributed by atoms with Gasteiger partial charge >= 0.3 is 0 Å². The number of hydrogen-bond acceptors (Lipinski definition) is 13. The van der Waals surface area contributed by atoms with E-state index in [0.29, 0.717) is 92.5 Å². The Hall–Kier alpha value is -9.32. The average molecular weight is 1640 g/mol. The van der Waals surface area contributed by atoms with Crippen molar-refractivity contribution in [2.45, 2.75) is 79.3 Å². The van der Waals surface area contributed by atoms with Crippen molar-refractivity contribution in [2.24, 2.45) is 0 Å². The van der Waals surface area contributed by atoms with Gasteiger partial charge in [-0.2, -0.15) is 0 Å². The van der Waals surface area contributed by atoms with Gasteiger partial charge in [-0.1, -0.05) is 156 Å². The third-order valence-corrected chi connectivity index (χ3v) is 19.1. The highest BCUT2D eigenvalue weighted by molar-refractivity contribution is 6.32. The molecular formula is C90H100Cl5N5O13. The minimum Gasteiger partial charge on any atom is -0.394 e. The fourth-order valence-corrected chi connectivity index (χ4v) is 12.2. The van der Waals surface area contributed by atoms with Crippen LogP contribution in [0.3, 0.4) is 0 Å². The second-order valence-electron chi connectivity index (χ2n) is 26.3. The van der Waals surface area contributed by atoms with Crippen LogP contribution in [0.5, 0.6) is 0 Å². The lowest BCUT2D eigenvalue weighted by atomic mass is 9.97. The van der Waals surface area contributed by atoms with Gasteiger partial charge in [0.15, 0.2) is 0 Å². The number of aliphatic hydroxyl groups is 2. The summed E-state index contributed by atoms with van der Waals surface area (Å²) in [5.74, 6) is -0.547. The summed E-state index contributed by atoms with van der Waals surface area (Å²) in [6.45, 7) is 11.2. The average Bonchev–Trinajstić information content (AvgIpc) is 0.835. The third-order valence-electron chi connectivity index (χ3n) is 17.8. The highest BCUT2D eigenvalue weighted by Crippen LogP contribution is 2.33. The number of rotatable bonds is 28. The summed E-state index contributed by atoms with van der Waals surface area (Å²) in [5, 5.41) is 24.1. The smallest absolute Gasteiger partial charge is 0.274 e. The number of halogens is 5. The van der Waals surface area contributed by atoms with Crippen LogP contribution < -0.4 is 10.8 Å². The van der Waals surface area contributed by atoms with Crippen molar-refractivity contribution in [3.63, 3.8) is 0 Å². The Kier molecular flexibility index (Phi) is 39.3. The normalized spacial score (nSPS) is 10.9. The monoisotopic (exact) mass is 1630 g/mol. The van der Waals surface area contributed by atoms with E-state index in [1.165, 1.54) is 7.11 Å². The molecule has 23 heteroatoms. The van der Waals surface area contributed by atoms with Gasteiger partial charge in [-0.25, -0.2) is 5.48 Å². The number of nitrogens with one attached hydrogen (secondary N) is 2. The lowest BCUT2D eigenvalue weighted by molar-refractivity contribution is 0.0537. The zero-order chi connectivity index (χ0) is 82.7. The van der Waals surface area contributed by atoms with E-state index in [-0.39, 0.29) is 42.1 Å². The molecule has 5 amide bonds. The highest BCUT2D eigenvalue weighted by atomic mass is 35.5. The number of ether oxygens (including phenoxy) is 5. The van der Waals surface area contributed by atoms with Crippen LogP contribution >= 0.6 is 58.0 Å². The Balaban J connectivity index is 0.000000220. The summed E-state index contributed by atoms with van der Waals surface area (Å²) in [4.78, 5) is 71.0. The molecule has 598 valence electrons. The van der Waals surface area contributed by atoms with Crippen LogP contribution in [-0.4, -0.2) is 157 Å². The summed E-state index contributed by atoms with van der Waals surface area (Å²) in [7, 11) is 15.0. The molecule has 0 spiro atoms. The number of carbonyl (C=O) groups is 5. The van der Waals surface area contributed by atoms with Gasteiger partial charge in [-0.15, -0.1) is 0 Å². The molecule has 0 radical (unpaired) electrons. The van der Waals surface area contributed by atoms with E-state index in [4.69, 9.17) is 86.8 Å². The molecule has 1 atom stereocenters. The maximum Gasteiger partial charge on any atom is 0.274 e. The van der Waals surface area contributed by atoms with Gasteiger partial charge in [0.25, 0.3) is 29.5 Å². The second kappa shape index (κ2) is 48.0. The van der Waals surface area contributed by atoms with E-state index in [1.807, 2.05) is 223 Å². The maximum atomic E-state index is 12.5. The van der Waals surface area contributed by atoms with Crippen molar-refractivity contribution in [3.8, 4) is 55.6 Å². The van der Waals surface area contributed by atoms with E-state index in [2.05, 4.69) is 22.6 Å². The molecule has 113 heavy (non-hydrogen) atoms. The van der Waals surface area contributed by atoms with E-state index >= 15 is 0 Å². The summed E-state index contributed by atoms with van der Waals surface area (Å²) in [6.07, 6.45) is -0.0310. The highest BCUT2D eigenvalue weighted by Gasteiger charge is 2.20. The number of amides is 5. The van der Waals surface area contributed by atoms with Crippen LogP contribution in [0.25, 0.3) is 55.6 Å². The first-order valence-electron chi connectivity index (χ1n) is 36.3. The van der Waals surface area contributed by atoms with E-state index in [0.717, 1.165) is 96.4 Å². The lowest BCUT2D eigenvalue weighted by Gasteiger charge is -2.22. The van der Waals surface area contributed by atoms with Gasteiger partial charge in [0.05, 0.1) is 52.9 Å². The van der Waals surface area contributed by atoms with Gasteiger partial charge in [-0.05, 0) is 232 Å². The fraction of sp³-hybridized carbons (Fsp3) is 0.278. The van der Waals surface area contributed by atoms with Crippen LogP contribution in [-0.2, 0) is 61.6 Å². The number of benzene rings is 10. The Morgan fingerprint density at radius 1 is 0.381 bits per heavy atom. The molecule has 0 heterocycles. The van der Waals surface area contributed by atoms with Crippen LogP contribution in [0.4, 0.5) is 0 Å². The van der Waals surface area contributed by atoms with E-state index in [9.17, 15) is 29.1 Å². The van der Waals surface area contributed by atoms with Gasteiger partial charge in [0.2, 0.25) is 0 Å². The van der Waals surface area contributed by atoms with Crippen LogP contribution in [0.15, 0.2) is 212 Å². The number of aliphatic hydroxyl groups excluding tert-OH is 2. The molecule has 0 bridgehead atoms. The number of methoxy groups -OCH3 is 5. The molecule has 0 fully saturated rings. The molecule has 10 aromatic rings. The minimum absolute atomic E-state index is 0.00607. The molecule has 0 saturated carbocycles. The first-order chi connectivity index (χ1) is 54.3.